The fraction of sp³-hybridized carbons (Fsp3) is 0.154. The van der Waals surface area contributed by atoms with Crippen molar-refractivity contribution in [3.63, 3.8) is 0 Å². The van der Waals surface area contributed by atoms with Crippen molar-refractivity contribution in [2.75, 3.05) is 5.32 Å². The molecular formula is C26H24N2O3S. The second-order valence-electron chi connectivity index (χ2n) is 7.52. The van der Waals surface area contributed by atoms with E-state index in [-0.39, 0.29) is 11.8 Å². The second kappa shape index (κ2) is 9.66. The summed E-state index contributed by atoms with van der Waals surface area (Å²) in [5.74, 6) is -0.156. The van der Waals surface area contributed by atoms with Gasteiger partial charge in [0.1, 0.15) is 5.75 Å². The first-order valence-corrected chi connectivity index (χ1v) is 11.3. The van der Waals surface area contributed by atoms with Gasteiger partial charge in [0.15, 0.2) is 6.10 Å². The van der Waals surface area contributed by atoms with Gasteiger partial charge in [0.25, 0.3) is 11.8 Å². The van der Waals surface area contributed by atoms with Crippen molar-refractivity contribution >= 4 is 39.6 Å². The van der Waals surface area contributed by atoms with Gasteiger partial charge in [0.05, 0.1) is 12.1 Å². The Kier molecular flexibility index (Phi) is 6.52. The molecule has 32 heavy (non-hydrogen) atoms. The van der Waals surface area contributed by atoms with Crippen LogP contribution in [0.5, 0.6) is 5.75 Å². The number of hydrogen-bond donors (Lipinski definition) is 2. The Morgan fingerprint density at radius 3 is 2.41 bits per heavy atom. The first-order chi connectivity index (χ1) is 15.5. The first kappa shape index (κ1) is 21.6. The molecule has 0 aliphatic rings. The Morgan fingerprint density at radius 1 is 0.969 bits per heavy atom. The zero-order valence-electron chi connectivity index (χ0n) is 17.9. The lowest BCUT2D eigenvalue weighted by Crippen LogP contribution is -2.36. The number of benzene rings is 3. The molecule has 1 aromatic heterocycles. The van der Waals surface area contributed by atoms with E-state index >= 15 is 0 Å². The fourth-order valence-corrected chi connectivity index (χ4v) is 4.02. The van der Waals surface area contributed by atoms with E-state index < -0.39 is 6.10 Å². The third-order valence-corrected chi connectivity index (χ3v) is 6.05. The summed E-state index contributed by atoms with van der Waals surface area (Å²) in [4.78, 5) is 26.8. The summed E-state index contributed by atoms with van der Waals surface area (Å²) >= 11 is 1.58. The summed E-state index contributed by atoms with van der Waals surface area (Å²) in [6.45, 7) is 4.07. The van der Waals surface area contributed by atoms with Gasteiger partial charge in [-0.15, -0.1) is 11.3 Å². The molecule has 0 bridgehead atoms. The van der Waals surface area contributed by atoms with E-state index in [4.69, 9.17) is 4.74 Å². The molecule has 0 saturated carbocycles. The van der Waals surface area contributed by atoms with Crippen LogP contribution in [0.15, 0.2) is 78.2 Å². The molecule has 0 saturated heterocycles. The number of ether oxygens (including phenoxy) is 1. The minimum atomic E-state index is -0.763. The number of thiophene rings is 1. The maximum absolute atomic E-state index is 13.2. The highest BCUT2D eigenvalue weighted by Gasteiger charge is 2.20. The van der Waals surface area contributed by atoms with Crippen LogP contribution in [0.3, 0.4) is 0 Å². The van der Waals surface area contributed by atoms with E-state index in [0.717, 1.165) is 26.9 Å². The highest BCUT2D eigenvalue weighted by molar-refractivity contribution is 7.09. The number of rotatable bonds is 7. The second-order valence-corrected chi connectivity index (χ2v) is 8.55. The zero-order valence-corrected chi connectivity index (χ0v) is 18.7. The molecule has 0 fully saturated rings. The van der Waals surface area contributed by atoms with Gasteiger partial charge in [0.2, 0.25) is 0 Å². The van der Waals surface area contributed by atoms with E-state index in [1.54, 1.807) is 24.3 Å². The maximum Gasteiger partial charge on any atom is 0.261 e. The molecular weight excluding hydrogens is 420 g/mol. The van der Waals surface area contributed by atoms with Crippen LogP contribution in [-0.4, -0.2) is 17.9 Å². The predicted molar refractivity (Wildman–Crippen MR) is 129 cm³/mol. The highest BCUT2D eigenvalue weighted by Crippen LogP contribution is 2.28. The van der Waals surface area contributed by atoms with Crippen molar-refractivity contribution < 1.29 is 14.3 Å². The van der Waals surface area contributed by atoms with Gasteiger partial charge in [-0.05, 0) is 59.8 Å². The molecule has 6 heteroatoms. The summed E-state index contributed by atoms with van der Waals surface area (Å²) in [6, 6.07) is 22.9. The summed E-state index contributed by atoms with van der Waals surface area (Å²) in [5, 5.41) is 9.66. The summed E-state index contributed by atoms with van der Waals surface area (Å²) in [7, 11) is 0. The fourth-order valence-electron chi connectivity index (χ4n) is 3.37. The molecule has 0 radical (unpaired) electrons. The molecule has 1 atom stereocenters. The van der Waals surface area contributed by atoms with Gasteiger partial charge in [0, 0.05) is 10.6 Å². The number of amides is 2. The van der Waals surface area contributed by atoms with Crippen LogP contribution < -0.4 is 15.4 Å². The van der Waals surface area contributed by atoms with Crippen LogP contribution in [0.4, 0.5) is 5.69 Å². The molecule has 2 amide bonds. The minimum absolute atomic E-state index is 0.239. The van der Waals surface area contributed by atoms with Crippen molar-refractivity contribution in [3.8, 4) is 5.75 Å². The number of hydrogen-bond acceptors (Lipinski definition) is 4. The van der Waals surface area contributed by atoms with E-state index in [0.29, 0.717) is 17.9 Å². The molecule has 2 N–H and O–H groups in total. The summed E-state index contributed by atoms with van der Waals surface area (Å²) < 4.78 is 6.00. The SMILES string of the molecule is Cc1ccccc1NC(=O)c1cc2ccccc2cc1O[C@H](C)C(=O)NCc1cccs1. The van der Waals surface area contributed by atoms with Crippen molar-refractivity contribution in [2.45, 2.75) is 26.5 Å². The Hall–Kier alpha value is -3.64. The standard InChI is InChI=1S/C26H24N2O3S/c1-17-8-3-6-12-23(17)28-26(30)22-14-19-9-4-5-10-20(19)15-24(22)31-18(2)25(29)27-16-21-11-7-13-32-21/h3-15,18H,16H2,1-2H3,(H,27,29)(H,28,30)/t18-/m1/s1. The predicted octanol–water partition coefficient (Wildman–Crippen LogP) is 5.55. The lowest BCUT2D eigenvalue weighted by Gasteiger charge is -2.18. The smallest absolute Gasteiger partial charge is 0.261 e. The normalized spacial score (nSPS) is 11.7. The van der Waals surface area contributed by atoms with Crippen molar-refractivity contribution in [1.82, 2.24) is 5.32 Å². The van der Waals surface area contributed by atoms with Crippen LogP contribution in [-0.2, 0) is 11.3 Å². The van der Waals surface area contributed by atoms with Crippen molar-refractivity contribution in [2.24, 2.45) is 0 Å². The lowest BCUT2D eigenvalue weighted by atomic mass is 10.0. The van der Waals surface area contributed by atoms with E-state index in [1.165, 1.54) is 0 Å². The Labute approximate surface area is 191 Å². The van der Waals surface area contributed by atoms with Crippen LogP contribution >= 0.6 is 11.3 Å². The molecule has 3 aromatic carbocycles. The molecule has 0 aliphatic carbocycles. The molecule has 0 aliphatic heterocycles. The van der Waals surface area contributed by atoms with Crippen LogP contribution in [0.1, 0.15) is 27.7 Å². The third kappa shape index (κ3) is 4.98. The van der Waals surface area contributed by atoms with E-state index in [2.05, 4.69) is 10.6 Å². The Balaban J connectivity index is 1.58. The summed E-state index contributed by atoms with van der Waals surface area (Å²) in [5.41, 5.74) is 2.08. The monoisotopic (exact) mass is 444 g/mol. The average molecular weight is 445 g/mol. The Bertz CT molecular complexity index is 1250. The lowest BCUT2D eigenvalue weighted by molar-refractivity contribution is -0.127. The van der Waals surface area contributed by atoms with Gasteiger partial charge in [-0.3, -0.25) is 9.59 Å². The third-order valence-electron chi connectivity index (χ3n) is 5.18. The van der Waals surface area contributed by atoms with Gasteiger partial charge in [-0.2, -0.15) is 0 Å². The van der Waals surface area contributed by atoms with E-state index in [1.807, 2.05) is 79.0 Å². The zero-order chi connectivity index (χ0) is 22.5. The molecule has 4 rings (SSSR count). The van der Waals surface area contributed by atoms with Gasteiger partial charge in [-0.25, -0.2) is 0 Å². The topological polar surface area (TPSA) is 67.4 Å². The number of fused-ring (bicyclic) bond motifs is 1. The highest BCUT2D eigenvalue weighted by atomic mass is 32.1. The van der Waals surface area contributed by atoms with Crippen LogP contribution in [0.2, 0.25) is 0 Å². The van der Waals surface area contributed by atoms with Gasteiger partial charge in [-0.1, -0.05) is 48.5 Å². The molecule has 4 aromatic rings. The number of carbonyl (C=O) groups excluding carboxylic acids is 2. The van der Waals surface area contributed by atoms with E-state index in [9.17, 15) is 9.59 Å². The molecule has 1 heterocycles. The number of anilines is 1. The number of nitrogens with one attached hydrogen (secondary N) is 2. The largest absolute Gasteiger partial charge is 0.480 e. The minimum Gasteiger partial charge on any atom is -0.480 e. The summed E-state index contributed by atoms with van der Waals surface area (Å²) in [6.07, 6.45) is -0.763. The first-order valence-electron chi connectivity index (χ1n) is 10.4. The van der Waals surface area contributed by atoms with Crippen molar-refractivity contribution in [3.05, 3.63) is 94.2 Å². The Morgan fingerprint density at radius 2 is 1.69 bits per heavy atom. The molecule has 162 valence electrons. The average Bonchev–Trinajstić information content (AvgIpc) is 3.32. The van der Waals surface area contributed by atoms with Gasteiger partial charge >= 0.3 is 0 Å². The van der Waals surface area contributed by atoms with Crippen LogP contribution in [0.25, 0.3) is 10.8 Å². The number of para-hydroxylation sites is 1. The number of aryl methyl sites for hydroxylation is 1. The molecule has 0 spiro atoms. The molecule has 0 unspecified atom stereocenters. The van der Waals surface area contributed by atoms with Gasteiger partial charge < -0.3 is 15.4 Å². The quantitative estimate of drug-likeness (QED) is 0.393. The molecule has 5 nitrogen and oxygen atoms in total. The van der Waals surface area contributed by atoms with Crippen LogP contribution in [0, 0.1) is 6.92 Å². The van der Waals surface area contributed by atoms with Crippen molar-refractivity contribution in [1.29, 1.82) is 0 Å². The maximum atomic E-state index is 13.2. The number of carbonyl (C=O) groups is 2.